The largest absolute Gasteiger partial charge is 0.293 e. The Hall–Kier alpha value is -1.09. The smallest absolute Gasteiger partial charge is 0.249 e. The summed E-state index contributed by atoms with van der Waals surface area (Å²) in [6, 6.07) is 0. The Morgan fingerprint density at radius 2 is 2.50 bits per heavy atom. The van der Waals surface area contributed by atoms with Crippen LogP contribution in [0.3, 0.4) is 0 Å². The third-order valence-electron chi connectivity index (χ3n) is 1.36. The van der Waals surface area contributed by atoms with E-state index in [0.717, 1.165) is 0 Å². The minimum Gasteiger partial charge on any atom is -0.293 e. The monoisotopic (exact) mass is 138 g/mol. The molecule has 54 valence electrons. The van der Waals surface area contributed by atoms with Crippen molar-refractivity contribution in [3.63, 3.8) is 0 Å². The first-order valence-corrected chi connectivity index (χ1v) is 3.20. The molecule has 0 amide bonds. The van der Waals surface area contributed by atoms with Gasteiger partial charge in [-0.2, -0.15) is 0 Å². The van der Waals surface area contributed by atoms with Gasteiger partial charge < -0.3 is 0 Å². The van der Waals surface area contributed by atoms with Gasteiger partial charge in [0.1, 0.15) is 18.6 Å². The number of nitrogens with zero attached hydrogens (tertiary/aromatic N) is 2. The average molecular weight is 138 g/mol. The SMILES string of the molecule is C=Cn1cc[n+](C(C)N)c1. The van der Waals surface area contributed by atoms with Crippen molar-refractivity contribution in [2.75, 3.05) is 0 Å². The predicted octanol–water partition coefficient (Wildman–Crippen LogP) is 0.353. The second-order valence-corrected chi connectivity index (χ2v) is 2.23. The molecule has 10 heavy (non-hydrogen) atoms. The summed E-state index contributed by atoms with van der Waals surface area (Å²) in [5, 5.41) is 0. The molecule has 1 aromatic rings. The summed E-state index contributed by atoms with van der Waals surface area (Å²) in [5.41, 5.74) is 5.60. The van der Waals surface area contributed by atoms with Crippen LogP contribution in [0.15, 0.2) is 25.3 Å². The van der Waals surface area contributed by atoms with Crippen molar-refractivity contribution in [2.45, 2.75) is 13.1 Å². The molecular weight excluding hydrogens is 126 g/mol. The zero-order chi connectivity index (χ0) is 7.56. The molecule has 0 fully saturated rings. The summed E-state index contributed by atoms with van der Waals surface area (Å²) in [5.74, 6) is 0. The van der Waals surface area contributed by atoms with E-state index >= 15 is 0 Å². The molecule has 0 aliphatic carbocycles. The molecule has 1 rings (SSSR count). The highest BCUT2D eigenvalue weighted by molar-refractivity contribution is 5.13. The van der Waals surface area contributed by atoms with Gasteiger partial charge in [-0.3, -0.25) is 5.73 Å². The highest BCUT2D eigenvalue weighted by Gasteiger charge is 2.03. The molecular formula is C7H12N3+. The van der Waals surface area contributed by atoms with Crippen LogP contribution in [-0.2, 0) is 0 Å². The van der Waals surface area contributed by atoms with Crippen molar-refractivity contribution in [3.05, 3.63) is 25.3 Å². The van der Waals surface area contributed by atoms with E-state index in [1.807, 2.05) is 34.8 Å². The molecule has 2 N–H and O–H groups in total. The molecule has 1 heterocycles. The quantitative estimate of drug-likeness (QED) is 0.588. The summed E-state index contributed by atoms with van der Waals surface area (Å²) in [6.45, 7) is 5.54. The summed E-state index contributed by atoms with van der Waals surface area (Å²) in [6.07, 6.45) is 7.44. The second-order valence-electron chi connectivity index (χ2n) is 2.23. The lowest BCUT2D eigenvalue weighted by Gasteiger charge is -1.96. The fraction of sp³-hybridized carbons (Fsp3) is 0.286. The molecule has 0 spiro atoms. The van der Waals surface area contributed by atoms with Gasteiger partial charge in [-0.1, -0.05) is 6.58 Å². The van der Waals surface area contributed by atoms with E-state index < -0.39 is 0 Å². The van der Waals surface area contributed by atoms with E-state index in [-0.39, 0.29) is 6.17 Å². The first-order chi connectivity index (χ1) is 4.74. The van der Waals surface area contributed by atoms with E-state index in [0.29, 0.717) is 0 Å². The molecule has 0 radical (unpaired) electrons. The Balaban J connectivity index is 2.88. The molecule has 0 bridgehead atoms. The molecule has 0 saturated carbocycles. The molecule has 1 aromatic heterocycles. The van der Waals surface area contributed by atoms with E-state index in [9.17, 15) is 0 Å². The molecule has 1 atom stereocenters. The van der Waals surface area contributed by atoms with Crippen molar-refractivity contribution < 1.29 is 4.57 Å². The van der Waals surface area contributed by atoms with Crippen LogP contribution in [0, 0.1) is 0 Å². The molecule has 3 nitrogen and oxygen atoms in total. The van der Waals surface area contributed by atoms with Crippen molar-refractivity contribution >= 4 is 6.20 Å². The number of nitrogens with two attached hydrogens (primary N) is 1. The van der Waals surface area contributed by atoms with E-state index in [4.69, 9.17) is 5.73 Å². The molecule has 1 unspecified atom stereocenters. The Morgan fingerprint density at radius 1 is 1.80 bits per heavy atom. The zero-order valence-corrected chi connectivity index (χ0v) is 6.07. The number of hydrogen-bond acceptors (Lipinski definition) is 1. The Kier molecular flexibility index (Phi) is 1.87. The minimum absolute atomic E-state index is 0.0289. The van der Waals surface area contributed by atoms with Gasteiger partial charge in [-0.25, -0.2) is 9.13 Å². The average Bonchev–Trinajstić information content (AvgIpc) is 2.34. The normalized spacial score (nSPS) is 13.0. The summed E-state index contributed by atoms with van der Waals surface area (Å²) < 4.78 is 3.76. The van der Waals surface area contributed by atoms with Crippen LogP contribution in [0.25, 0.3) is 6.20 Å². The Morgan fingerprint density at radius 3 is 2.80 bits per heavy atom. The van der Waals surface area contributed by atoms with Crippen LogP contribution in [0.4, 0.5) is 0 Å². The lowest BCUT2D eigenvalue weighted by molar-refractivity contribution is -0.718. The van der Waals surface area contributed by atoms with Gasteiger partial charge in [-0.05, 0) is 6.92 Å². The van der Waals surface area contributed by atoms with Crippen molar-refractivity contribution in [1.82, 2.24) is 4.57 Å². The van der Waals surface area contributed by atoms with E-state index in [1.165, 1.54) is 0 Å². The summed E-state index contributed by atoms with van der Waals surface area (Å²) in [7, 11) is 0. The van der Waals surface area contributed by atoms with Gasteiger partial charge in [-0.15, -0.1) is 0 Å². The molecule has 3 heteroatoms. The van der Waals surface area contributed by atoms with Crippen LogP contribution < -0.4 is 10.3 Å². The molecule has 0 aliphatic heterocycles. The third-order valence-corrected chi connectivity index (χ3v) is 1.36. The van der Waals surface area contributed by atoms with Crippen LogP contribution in [0.1, 0.15) is 13.1 Å². The van der Waals surface area contributed by atoms with Crippen molar-refractivity contribution in [1.29, 1.82) is 0 Å². The van der Waals surface area contributed by atoms with Crippen LogP contribution in [0.5, 0.6) is 0 Å². The topological polar surface area (TPSA) is 34.8 Å². The van der Waals surface area contributed by atoms with Gasteiger partial charge in [0.2, 0.25) is 6.33 Å². The second kappa shape index (κ2) is 2.66. The van der Waals surface area contributed by atoms with Gasteiger partial charge in [0.25, 0.3) is 0 Å². The van der Waals surface area contributed by atoms with Gasteiger partial charge in [0.05, 0.1) is 6.20 Å². The fourth-order valence-electron chi connectivity index (χ4n) is 0.734. The fourth-order valence-corrected chi connectivity index (χ4v) is 0.734. The maximum atomic E-state index is 5.60. The molecule has 0 aliphatic rings. The standard InChI is InChI=1S/C7H12N3/c1-3-9-4-5-10(6-9)7(2)8/h3-7H,1,8H2,2H3/q+1. The van der Waals surface area contributed by atoms with E-state index in [1.54, 1.807) is 6.20 Å². The van der Waals surface area contributed by atoms with E-state index in [2.05, 4.69) is 6.58 Å². The number of rotatable bonds is 2. The Labute approximate surface area is 60.4 Å². The number of aromatic nitrogens is 2. The summed E-state index contributed by atoms with van der Waals surface area (Å²) in [4.78, 5) is 0. The van der Waals surface area contributed by atoms with Gasteiger partial charge >= 0.3 is 0 Å². The van der Waals surface area contributed by atoms with Crippen molar-refractivity contribution in [2.24, 2.45) is 5.73 Å². The predicted molar refractivity (Wildman–Crippen MR) is 39.9 cm³/mol. The number of hydrogen-bond donors (Lipinski definition) is 1. The highest BCUT2D eigenvalue weighted by atomic mass is 15.2. The van der Waals surface area contributed by atoms with Crippen molar-refractivity contribution in [3.8, 4) is 0 Å². The first-order valence-electron chi connectivity index (χ1n) is 3.20. The zero-order valence-electron chi connectivity index (χ0n) is 6.07. The minimum atomic E-state index is 0.0289. The number of imidazole rings is 1. The maximum Gasteiger partial charge on any atom is 0.249 e. The van der Waals surface area contributed by atoms with Crippen LogP contribution in [-0.4, -0.2) is 4.57 Å². The third kappa shape index (κ3) is 1.25. The highest BCUT2D eigenvalue weighted by Crippen LogP contribution is 1.86. The van der Waals surface area contributed by atoms with Crippen LogP contribution in [0.2, 0.25) is 0 Å². The maximum absolute atomic E-state index is 5.60. The Bertz CT molecular complexity index is 225. The summed E-state index contributed by atoms with van der Waals surface area (Å²) >= 11 is 0. The molecule has 0 aromatic carbocycles. The first kappa shape index (κ1) is 7.02. The van der Waals surface area contributed by atoms with Crippen LogP contribution >= 0.6 is 0 Å². The lowest BCUT2D eigenvalue weighted by Crippen LogP contribution is -2.40. The van der Waals surface area contributed by atoms with Gasteiger partial charge in [0, 0.05) is 0 Å². The lowest BCUT2D eigenvalue weighted by atomic mass is 10.6. The van der Waals surface area contributed by atoms with Gasteiger partial charge in [0.15, 0.2) is 0 Å². The molecule has 0 saturated heterocycles.